The first-order chi connectivity index (χ1) is 14.3. The Hall–Kier alpha value is -1.47. The molecule has 0 spiro atoms. The molecular formula is C24H23Br2NO2S. The molecule has 30 heavy (non-hydrogen) atoms. The maximum Gasteiger partial charge on any atom is 0.154 e. The van der Waals surface area contributed by atoms with E-state index in [1.54, 1.807) is 0 Å². The monoisotopic (exact) mass is 547 g/mol. The smallest absolute Gasteiger partial charge is 0.154 e. The molecule has 1 fully saturated rings. The van der Waals surface area contributed by atoms with E-state index in [4.69, 9.17) is 0 Å². The van der Waals surface area contributed by atoms with Crippen molar-refractivity contribution in [3.05, 3.63) is 104 Å². The lowest BCUT2D eigenvalue weighted by Crippen LogP contribution is -2.52. The third-order valence-corrected chi connectivity index (χ3v) is 8.13. The summed E-state index contributed by atoms with van der Waals surface area (Å²) in [6, 6.07) is 26.7. The number of halogens is 2. The first-order valence-corrected chi connectivity index (χ1v) is 13.4. The van der Waals surface area contributed by atoms with E-state index in [9.17, 15) is 8.42 Å². The van der Waals surface area contributed by atoms with Gasteiger partial charge >= 0.3 is 0 Å². The van der Waals surface area contributed by atoms with Crippen LogP contribution in [-0.4, -0.2) is 32.7 Å². The molecule has 4 rings (SSSR count). The molecule has 1 aliphatic heterocycles. The summed E-state index contributed by atoms with van der Waals surface area (Å²) in [4.78, 5) is 2.38. The molecule has 1 unspecified atom stereocenters. The van der Waals surface area contributed by atoms with E-state index in [1.807, 2.05) is 30.3 Å². The average Bonchev–Trinajstić information content (AvgIpc) is 2.66. The van der Waals surface area contributed by atoms with Crippen LogP contribution in [0.5, 0.6) is 0 Å². The highest BCUT2D eigenvalue weighted by molar-refractivity contribution is 9.11. The van der Waals surface area contributed by atoms with Gasteiger partial charge in [-0.2, -0.15) is 0 Å². The van der Waals surface area contributed by atoms with Gasteiger partial charge in [0, 0.05) is 34.2 Å². The van der Waals surface area contributed by atoms with Gasteiger partial charge < -0.3 is 0 Å². The molecule has 1 saturated heterocycles. The Bertz CT molecular complexity index is 1050. The van der Waals surface area contributed by atoms with Gasteiger partial charge in [-0.05, 0) is 34.9 Å². The minimum Gasteiger partial charge on any atom is -0.292 e. The zero-order chi connectivity index (χ0) is 21.3. The van der Waals surface area contributed by atoms with Gasteiger partial charge in [-0.1, -0.05) is 92.5 Å². The summed E-state index contributed by atoms with van der Waals surface area (Å²) in [6.45, 7) is 1.46. The second-order valence-electron chi connectivity index (χ2n) is 7.89. The molecule has 3 aromatic rings. The van der Waals surface area contributed by atoms with Crippen molar-refractivity contribution in [3.63, 3.8) is 0 Å². The second kappa shape index (κ2) is 8.95. The van der Waals surface area contributed by atoms with Crippen molar-refractivity contribution in [2.75, 3.05) is 19.3 Å². The van der Waals surface area contributed by atoms with Gasteiger partial charge in [-0.15, -0.1) is 0 Å². The van der Waals surface area contributed by atoms with Crippen molar-refractivity contribution >= 4 is 41.7 Å². The minimum atomic E-state index is -3.26. The summed E-state index contributed by atoms with van der Waals surface area (Å²) in [7, 11) is -3.26. The number of benzene rings is 3. The van der Waals surface area contributed by atoms with Gasteiger partial charge in [0.1, 0.15) is 0 Å². The molecule has 0 radical (unpaired) electrons. The van der Waals surface area contributed by atoms with Gasteiger partial charge in [0.2, 0.25) is 0 Å². The zero-order valence-corrected chi connectivity index (χ0v) is 20.6. The van der Waals surface area contributed by atoms with Crippen LogP contribution in [0.4, 0.5) is 0 Å². The normalized spacial score (nSPS) is 16.4. The Morgan fingerprint density at radius 2 is 1.27 bits per heavy atom. The Morgan fingerprint density at radius 1 is 0.800 bits per heavy atom. The second-order valence-corrected chi connectivity index (χ2v) is 11.9. The van der Waals surface area contributed by atoms with Gasteiger partial charge in [-0.25, -0.2) is 8.42 Å². The van der Waals surface area contributed by atoms with E-state index in [1.165, 1.54) is 17.4 Å². The van der Waals surface area contributed by atoms with E-state index >= 15 is 0 Å². The van der Waals surface area contributed by atoms with Crippen molar-refractivity contribution in [1.82, 2.24) is 4.90 Å². The summed E-state index contributed by atoms with van der Waals surface area (Å²) < 4.78 is 27.3. The summed E-state index contributed by atoms with van der Waals surface area (Å²) in [5.41, 5.74) is 3.28. The van der Waals surface area contributed by atoms with Crippen LogP contribution < -0.4 is 0 Å². The largest absolute Gasteiger partial charge is 0.292 e. The Balaban J connectivity index is 1.63. The highest BCUT2D eigenvalue weighted by atomic mass is 79.9. The Kier molecular flexibility index (Phi) is 6.49. The lowest BCUT2D eigenvalue weighted by molar-refractivity contribution is 0.0655. The van der Waals surface area contributed by atoms with Gasteiger partial charge in [0.25, 0.3) is 0 Å². The van der Waals surface area contributed by atoms with Crippen LogP contribution in [0.25, 0.3) is 0 Å². The van der Waals surface area contributed by atoms with Crippen molar-refractivity contribution in [2.24, 2.45) is 5.92 Å². The Morgan fingerprint density at radius 3 is 1.70 bits per heavy atom. The minimum absolute atomic E-state index is 0.0520. The third kappa shape index (κ3) is 4.72. The molecule has 1 atom stereocenters. The zero-order valence-electron chi connectivity index (χ0n) is 16.6. The lowest BCUT2D eigenvalue weighted by Gasteiger charge is -2.47. The molecule has 6 heteroatoms. The first-order valence-electron chi connectivity index (χ1n) is 9.82. The SMILES string of the molecule is CS(=O)(=O)C(c1cc(Br)cc(Br)c1)C1CN(C(c2ccccc2)c2ccccc2)C1. The molecule has 3 nitrogen and oxygen atoms in total. The first kappa shape index (κ1) is 21.8. The molecule has 0 aromatic heterocycles. The van der Waals surface area contributed by atoms with E-state index in [-0.39, 0.29) is 12.0 Å². The standard InChI is InChI=1S/C24H23Br2NO2S/c1-30(28,29)24(19-12-21(25)14-22(26)13-19)20-15-27(16-20)23(17-8-4-2-5-9-17)18-10-6-3-7-11-18/h2-14,20,23-24H,15-16H2,1H3. The number of hydrogen-bond acceptors (Lipinski definition) is 3. The average molecular weight is 549 g/mol. The fourth-order valence-electron chi connectivity index (χ4n) is 4.44. The van der Waals surface area contributed by atoms with Gasteiger partial charge in [-0.3, -0.25) is 4.90 Å². The molecule has 0 amide bonds. The van der Waals surface area contributed by atoms with E-state index < -0.39 is 15.1 Å². The lowest BCUT2D eigenvalue weighted by atomic mass is 9.86. The molecule has 0 bridgehead atoms. The molecule has 0 saturated carbocycles. The number of rotatable bonds is 6. The van der Waals surface area contributed by atoms with Crippen LogP contribution in [0.15, 0.2) is 87.8 Å². The van der Waals surface area contributed by atoms with Crippen LogP contribution >= 0.6 is 31.9 Å². The molecule has 0 aliphatic carbocycles. The summed E-state index contributed by atoms with van der Waals surface area (Å²) in [5, 5.41) is -0.519. The predicted molar refractivity (Wildman–Crippen MR) is 129 cm³/mol. The maximum atomic E-state index is 12.8. The molecular weight excluding hydrogens is 526 g/mol. The molecule has 0 N–H and O–H groups in total. The molecule has 1 heterocycles. The Labute approximate surface area is 195 Å². The fraction of sp³-hybridized carbons (Fsp3) is 0.250. The van der Waals surface area contributed by atoms with Crippen LogP contribution in [0.2, 0.25) is 0 Å². The topological polar surface area (TPSA) is 37.4 Å². The van der Waals surface area contributed by atoms with E-state index in [2.05, 4.69) is 85.3 Å². The maximum absolute atomic E-state index is 12.8. The summed E-state index contributed by atoms with van der Waals surface area (Å²) >= 11 is 7.00. The van der Waals surface area contributed by atoms with E-state index in [0.29, 0.717) is 0 Å². The molecule has 1 aliphatic rings. The van der Waals surface area contributed by atoms with Crippen molar-refractivity contribution in [2.45, 2.75) is 11.3 Å². The van der Waals surface area contributed by atoms with Crippen molar-refractivity contribution in [3.8, 4) is 0 Å². The van der Waals surface area contributed by atoms with Crippen molar-refractivity contribution < 1.29 is 8.42 Å². The van der Waals surface area contributed by atoms with Crippen LogP contribution in [0.1, 0.15) is 28.0 Å². The quantitative estimate of drug-likeness (QED) is 0.378. The number of sulfone groups is 1. The highest BCUT2D eigenvalue weighted by Crippen LogP contribution is 2.42. The summed E-state index contributed by atoms with van der Waals surface area (Å²) in [5.74, 6) is 0.0520. The third-order valence-electron chi connectivity index (χ3n) is 5.64. The predicted octanol–water partition coefficient (Wildman–Crippen LogP) is 6.02. The molecule has 3 aromatic carbocycles. The molecule has 156 valence electrons. The van der Waals surface area contributed by atoms with Gasteiger partial charge in [0.15, 0.2) is 9.84 Å². The van der Waals surface area contributed by atoms with E-state index in [0.717, 1.165) is 27.6 Å². The number of hydrogen-bond donors (Lipinski definition) is 0. The number of nitrogens with zero attached hydrogens (tertiary/aromatic N) is 1. The number of likely N-dealkylation sites (tertiary alicyclic amines) is 1. The van der Waals surface area contributed by atoms with Crippen LogP contribution in [0.3, 0.4) is 0 Å². The highest BCUT2D eigenvalue weighted by Gasteiger charge is 2.42. The van der Waals surface area contributed by atoms with Gasteiger partial charge in [0.05, 0.1) is 11.3 Å². The van der Waals surface area contributed by atoms with Crippen LogP contribution in [-0.2, 0) is 9.84 Å². The van der Waals surface area contributed by atoms with Crippen molar-refractivity contribution in [1.29, 1.82) is 0 Å². The summed E-state index contributed by atoms with van der Waals surface area (Å²) in [6.07, 6.45) is 1.35. The van der Waals surface area contributed by atoms with Crippen LogP contribution in [0, 0.1) is 5.92 Å². The fourth-order valence-corrected chi connectivity index (χ4v) is 7.28.